The van der Waals surface area contributed by atoms with E-state index < -0.39 is 36.1 Å². The molecule has 31 heavy (non-hydrogen) atoms. The quantitative estimate of drug-likeness (QED) is 0.333. The Bertz CT molecular complexity index is 698. The van der Waals surface area contributed by atoms with Gasteiger partial charge < -0.3 is 14.6 Å². The van der Waals surface area contributed by atoms with E-state index in [4.69, 9.17) is 9.47 Å². The molecule has 2 atom stereocenters. The van der Waals surface area contributed by atoms with E-state index in [1.165, 1.54) is 6.92 Å². The van der Waals surface area contributed by atoms with Gasteiger partial charge in [0.15, 0.2) is 0 Å². The molecule has 0 amide bonds. The summed E-state index contributed by atoms with van der Waals surface area (Å²) >= 11 is 0. The van der Waals surface area contributed by atoms with Gasteiger partial charge in [0.2, 0.25) is 0 Å². The summed E-state index contributed by atoms with van der Waals surface area (Å²) in [5, 5.41) is 9.56. The predicted molar refractivity (Wildman–Crippen MR) is 97.8 cm³/mol. The largest absolute Gasteiger partial charge is 0.462 e. The fourth-order valence-corrected chi connectivity index (χ4v) is 6.22. The van der Waals surface area contributed by atoms with Crippen molar-refractivity contribution in [1.82, 2.24) is 0 Å². The molecule has 4 aliphatic rings. The Kier molecular flexibility index (Phi) is 6.00. The number of halogens is 6. The van der Waals surface area contributed by atoms with Crippen LogP contribution in [-0.2, 0) is 14.3 Å². The normalized spacial score (nSPS) is 35.3. The van der Waals surface area contributed by atoms with E-state index in [1.807, 2.05) is 0 Å². The Morgan fingerprint density at radius 2 is 1.58 bits per heavy atom. The van der Waals surface area contributed by atoms with Crippen molar-refractivity contribution in [2.24, 2.45) is 23.2 Å². The van der Waals surface area contributed by atoms with Crippen LogP contribution in [0.2, 0.25) is 0 Å². The molecular formula is C21H28F6O4. The van der Waals surface area contributed by atoms with E-state index in [1.54, 1.807) is 6.92 Å². The molecule has 0 spiro atoms. The molecule has 4 fully saturated rings. The van der Waals surface area contributed by atoms with Gasteiger partial charge in [0.05, 0.1) is 18.8 Å². The summed E-state index contributed by atoms with van der Waals surface area (Å²) in [5.41, 5.74) is -6.20. The molecule has 4 saturated carbocycles. The lowest BCUT2D eigenvalue weighted by Crippen LogP contribution is -2.66. The SMILES string of the molecule is C=C(C)C(=O)OCC12CC3CC(C1)C(CC)(OCC(O)(C(F)(F)F)C(F)(F)F)C(C3)C2. The average molecular weight is 458 g/mol. The minimum atomic E-state index is -5.91. The molecule has 0 aliphatic heterocycles. The molecule has 0 saturated heterocycles. The zero-order chi connectivity index (χ0) is 23.5. The van der Waals surface area contributed by atoms with E-state index in [-0.39, 0.29) is 41.8 Å². The maximum Gasteiger partial charge on any atom is 0.428 e. The van der Waals surface area contributed by atoms with Gasteiger partial charge in [-0.25, -0.2) is 4.79 Å². The number of ether oxygens (including phenoxy) is 2. The van der Waals surface area contributed by atoms with Gasteiger partial charge in [0, 0.05) is 11.0 Å². The molecule has 10 heteroatoms. The zero-order valence-electron chi connectivity index (χ0n) is 17.5. The fourth-order valence-electron chi connectivity index (χ4n) is 6.22. The lowest BCUT2D eigenvalue weighted by atomic mass is 9.44. The molecule has 4 aliphatic carbocycles. The van der Waals surface area contributed by atoms with Crippen LogP contribution in [-0.4, -0.2) is 47.8 Å². The second-order valence-electron chi connectivity index (χ2n) is 9.65. The first-order chi connectivity index (χ1) is 14.1. The number of esters is 1. The van der Waals surface area contributed by atoms with Gasteiger partial charge >= 0.3 is 18.3 Å². The molecule has 4 nitrogen and oxygen atoms in total. The number of hydrogen-bond acceptors (Lipinski definition) is 4. The lowest BCUT2D eigenvalue weighted by molar-refractivity contribution is -0.389. The molecular weight excluding hydrogens is 430 g/mol. The maximum absolute atomic E-state index is 13.1. The van der Waals surface area contributed by atoms with E-state index in [0.29, 0.717) is 25.7 Å². The van der Waals surface area contributed by atoms with Crippen molar-refractivity contribution in [2.45, 2.75) is 75.9 Å². The van der Waals surface area contributed by atoms with Crippen LogP contribution in [0.5, 0.6) is 0 Å². The number of rotatable bonds is 7. The van der Waals surface area contributed by atoms with Crippen molar-refractivity contribution >= 4 is 5.97 Å². The maximum atomic E-state index is 13.1. The highest BCUT2D eigenvalue weighted by Crippen LogP contribution is 2.65. The molecule has 0 aromatic rings. The van der Waals surface area contributed by atoms with Gasteiger partial charge in [-0.2, -0.15) is 26.3 Å². The van der Waals surface area contributed by atoms with Crippen molar-refractivity contribution < 1.29 is 45.7 Å². The summed E-state index contributed by atoms with van der Waals surface area (Å²) < 4.78 is 89.7. The standard InChI is InChI=1S/C21H28F6O4/c1-4-18(31-11-19(29,20(22,23)24)21(25,26)27)14-5-13-6-15(18)9-17(7-13,8-14)10-30-16(28)12(2)3/h13-15,29H,2,4-11H2,1,3H3. The Labute approximate surface area is 177 Å². The monoisotopic (exact) mass is 458 g/mol. The van der Waals surface area contributed by atoms with Crippen LogP contribution >= 0.6 is 0 Å². The van der Waals surface area contributed by atoms with Gasteiger partial charge in [-0.05, 0) is 63.2 Å². The van der Waals surface area contributed by atoms with Crippen LogP contribution in [0.4, 0.5) is 26.3 Å². The van der Waals surface area contributed by atoms with Gasteiger partial charge in [-0.1, -0.05) is 13.5 Å². The number of carbonyl (C=O) groups excluding carboxylic acids is 1. The molecule has 178 valence electrons. The van der Waals surface area contributed by atoms with Crippen LogP contribution in [0, 0.1) is 23.2 Å². The zero-order valence-corrected chi connectivity index (χ0v) is 17.5. The van der Waals surface area contributed by atoms with Crippen LogP contribution in [0.1, 0.15) is 52.4 Å². The summed E-state index contributed by atoms with van der Waals surface area (Å²) in [4.78, 5) is 11.8. The Morgan fingerprint density at radius 1 is 1.06 bits per heavy atom. The first-order valence-electron chi connectivity index (χ1n) is 10.4. The highest BCUT2D eigenvalue weighted by atomic mass is 19.4. The Balaban J connectivity index is 1.81. The average Bonchev–Trinajstić information content (AvgIpc) is 2.63. The predicted octanol–water partition coefficient (Wildman–Crippen LogP) is 4.95. The Hall–Kier alpha value is -1.29. The molecule has 0 aromatic carbocycles. The summed E-state index contributed by atoms with van der Waals surface area (Å²) in [6, 6.07) is 0. The topological polar surface area (TPSA) is 55.8 Å². The third kappa shape index (κ3) is 3.98. The van der Waals surface area contributed by atoms with E-state index in [9.17, 15) is 36.2 Å². The summed E-state index contributed by atoms with van der Waals surface area (Å²) in [6.07, 6.45) is -8.52. The molecule has 0 heterocycles. The molecule has 0 radical (unpaired) electrons. The summed E-state index contributed by atoms with van der Waals surface area (Å²) in [6.45, 7) is 5.02. The number of carbonyl (C=O) groups is 1. The Morgan fingerprint density at radius 3 is 2.00 bits per heavy atom. The second-order valence-corrected chi connectivity index (χ2v) is 9.65. The first-order valence-corrected chi connectivity index (χ1v) is 10.4. The molecule has 1 N–H and O–H groups in total. The molecule has 0 aromatic heterocycles. The third-order valence-corrected chi connectivity index (χ3v) is 7.60. The van der Waals surface area contributed by atoms with Gasteiger partial charge in [-0.15, -0.1) is 0 Å². The van der Waals surface area contributed by atoms with Crippen LogP contribution in [0.3, 0.4) is 0 Å². The van der Waals surface area contributed by atoms with Crippen LogP contribution < -0.4 is 0 Å². The number of hydrogen-bond donors (Lipinski definition) is 1. The van der Waals surface area contributed by atoms with Crippen molar-refractivity contribution in [3.63, 3.8) is 0 Å². The minimum Gasteiger partial charge on any atom is -0.462 e. The van der Waals surface area contributed by atoms with E-state index in [0.717, 1.165) is 6.42 Å². The minimum absolute atomic E-state index is 0.150. The first kappa shape index (κ1) is 24.4. The summed E-state index contributed by atoms with van der Waals surface area (Å²) in [7, 11) is 0. The lowest BCUT2D eigenvalue weighted by Gasteiger charge is -2.65. The second kappa shape index (κ2) is 7.64. The van der Waals surface area contributed by atoms with Crippen LogP contribution in [0.25, 0.3) is 0 Å². The van der Waals surface area contributed by atoms with Gasteiger partial charge in [0.25, 0.3) is 5.60 Å². The van der Waals surface area contributed by atoms with E-state index in [2.05, 4.69) is 6.58 Å². The highest BCUT2D eigenvalue weighted by molar-refractivity contribution is 5.86. The van der Waals surface area contributed by atoms with Crippen molar-refractivity contribution in [3.8, 4) is 0 Å². The third-order valence-electron chi connectivity index (χ3n) is 7.60. The highest BCUT2D eigenvalue weighted by Gasteiger charge is 2.72. The van der Waals surface area contributed by atoms with Crippen molar-refractivity contribution in [2.75, 3.05) is 13.2 Å². The molecule has 4 rings (SSSR count). The van der Waals surface area contributed by atoms with Crippen molar-refractivity contribution in [3.05, 3.63) is 12.2 Å². The molecule has 2 unspecified atom stereocenters. The summed E-state index contributed by atoms with van der Waals surface area (Å²) in [5.74, 6) is -0.793. The van der Waals surface area contributed by atoms with E-state index >= 15 is 0 Å². The number of aliphatic hydroxyl groups is 1. The fraction of sp³-hybridized carbons (Fsp3) is 0.857. The van der Waals surface area contributed by atoms with Gasteiger partial charge in [-0.3, -0.25) is 0 Å². The molecule has 4 bridgehead atoms. The van der Waals surface area contributed by atoms with Gasteiger partial charge in [0.1, 0.15) is 0 Å². The van der Waals surface area contributed by atoms with Crippen molar-refractivity contribution in [1.29, 1.82) is 0 Å². The smallest absolute Gasteiger partial charge is 0.428 e. The van der Waals surface area contributed by atoms with Crippen LogP contribution in [0.15, 0.2) is 12.2 Å². The number of alkyl halides is 6.